The van der Waals surface area contributed by atoms with Crippen LogP contribution in [0.4, 0.5) is 0 Å². The van der Waals surface area contributed by atoms with Crippen LogP contribution in [0.2, 0.25) is 0 Å². The first kappa shape index (κ1) is 19.8. The van der Waals surface area contributed by atoms with Gasteiger partial charge in [-0.25, -0.2) is 0 Å². The molecule has 0 aliphatic carbocycles. The van der Waals surface area contributed by atoms with E-state index in [0.29, 0.717) is 17.1 Å². The number of methoxy groups -OCH3 is 1. The standard InChI is InChI=1S/C25H31NO3/c1-16(2)9-8-13-25(3)14-12-18-20(29-25)15-21(28-5)22-23(18)26(4)19-11-7-6-10-17(19)24(22)27/h6-7,10-11,15-16H,8-9,12-14H2,1-5H3. The number of para-hydroxylation sites is 1. The maximum Gasteiger partial charge on any atom is 0.200 e. The van der Waals surface area contributed by atoms with E-state index < -0.39 is 0 Å². The molecule has 2 aromatic carbocycles. The van der Waals surface area contributed by atoms with Crippen LogP contribution in [-0.4, -0.2) is 17.3 Å². The average Bonchev–Trinajstić information content (AvgIpc) is 2.70. The highest BCUT2D eigenvalue weighted by Gasteiger charge is 2.34. The van der Waals surface area contributed by atoms with Crippen LogP contribution in [0, 0.1) is 5.92 Å². The molecule has 29 heavy (non-hydrogen) atoms. The van der Waals surface area contributed by atoms with E-state index in [4.69, 9.17) is 9.47 Å². The van der Waals surface area contributed by atoms with Gasteiger partial charge in [-0.2, -0.15) is 0 Å². The van der Waals surface area contributed by atoms with Crippen LogP contribution in [0.5, 0.6) is 11.5 Å². The zero-order valence-corrected chi connectivity index (χ0v) is 18.2. The number of fused-ring (bicyclic) bond motifs is 4. The van der Waals surface area contributed by atoms with Crippen LogP contribution in [0.15, 0.2) is 35.1 Å². The van der Waals surface area contributed by atoms with Crippen molar-refractivity contribution in [3.05, 3.63) is 46.1 Å². The summed E-state index contributed by atoms with van der Waals surface area (Å²) < 4.78 is 14.4. The van der Waals surface area contributed by atoms with Crippen molar-refractivity contribution in [2.75, 3.05) is 7.11 Å². The molecule has 0 bridgehead atoms. The van der Waals surface area contributed by atoms with Gasteiger partial charge >= 0.3 is 0 Å². The van der Waals surface area contributed by atoms with Crippen molar-refractivity contribution in [3.63, 3.8) is 0 Å². The predicted octanol–water partition coefficient (Wildman–Crippen LogP) is 5.61. The SMILES string of the molecule is COc1cc2c(c3c1c(=O)c1ccccc1n3C)CCC(C)(CCCC(C)C)O2. The lowest BCUT2D eigenvalue weighted by Crippen LogP contribution is -2.36. The highest BCUT2D eigenvalue weighted by molar-refractivity contribution is 5.99. The Bertz CT molecular complexity index is 1130. The van der Waals surface area contributed by atoms with Crippen LogP contribution in [-0.2, 0) is 13.5 Å². The molecule has 4 nitrogen and oxygen atoms in total. The van der Waals surface area contributed by atoms with Crippen LogP contribution < -0.4 is 14.9 Å². The molecule has 1 atom stereocenters. The molecule has 4 rings (SSSR count). The molecule has 0 amide bonds. The predicted molar refractivity (Wildman–Crippen MR) is 119 cm³/mol. The third-order valence-electron chi connectivity index (χ3n) is 6.37. The minimum atomic E-state index is -0.170. The fourth-order valence-electron chi connectivity index (χ4n) is 4.73. The Hall–Kier alpha value is -2.49. The van der Waals surface area contributed by atoms with Crippen molar-refractivity contribution in [1.29, 1.82) is 0 Å². The van der Waals surface area contributed by atoms with Crippen molar-refractivity contribution in [1.82, 2.24) is 4.57 Å². The van der Waals surface area contributed by atoms with Crippen molar-refractivity contribution >= 4 is 21.8 Å². The average molecular weight is 394 g/mol. The number of nitrogens with zero attached hydrogens (tertiary/aromatic N) is 1. The molecule has 0 saturated carbocycles. The summed E-state index contributed by atoms with van der Waals surface area (Å²) in [4.78, 5) is 13.3. The molecule has 0 fully saturated rings. The van der Waals surface area contributed by atoms with E-state index in [1.165, 1.54) is 6.42 Å². The Morgan fingerprint density at radius 1 is 1.28 bits per heavy atom. The van der Waals surface area contributed by atoms with Gasteiger partial charge in [-0.1, -0.05) is 32.4 Å². The van der Waals surface area contributed by atoms with Crippen molar-refractivity contribution in [3.8, 4) is 11.5 Å². The van der Waals surface area contributed by atoms with Gasteiger partial charge in [0.05, 0.1) is 23.5 Å². The minimum absolute atomic E-state index is 0.0265. The number of benzene rings is 2. The highest BCUT2D eigenvalue weighted by Crippen LogP contribution is 2.43. The van der Waals surface area contributed by atoms with E-state index >= 15 is 0 Å². The van der Waals surface area contributed by atoms with Crippen LogP contribution in [0.25, 0.3) is 21.8 Å². The highest BCUT2D eigenvalue weighted by atomic mass is 16.5. The Morgan fingerprint density at radius 2 is 2.03 bits per heavy atom. The number of hydrogen-bond acceptors (Lipinski definition) is 3. The quantitative estimate of drug-likeness (QED) is 0.529. The molecule has 0 saturated heterocycles. The lowest BCUT2D eigenvalue weighted by Gasteiger charge is -2.37. The van der Waals surface area contributed by atoms with Gasteiger partial charge in [-0.15, -0.1) is 0 Å². The summed E-state index contributed by atoms with van der Waals surface area (Å²) >= 11 is 0. The summed E-state index contributed by atoms with van der Waals surface area (Å²) in [5.41, 5.74) is 2.85. The molecule has 1 aliphatic rings. The van der Waals surface area contributed by atoms with Crippen molar-refractivity contribution in [2.45, 2.75) is 58.5 Å². The molecular formula is C25H31NO3. The second-order valence-corrected chi connectivity index (χ2v) is 9.02. The molecule has 0 N–H and O–H groups in total. The first-order chi connectivity index (χ1) is 13.8. The van der Waals surface area contributed by atoms with Gasteiger partial charge in [0.15, 0.2) is 0 Å². The van der Waals surface area contributed by atoms with E-state index in [1.54, 1.807) is 7.11 Å². The Kier molecular flexibility index (Phi) is 5.05. The topological polar surface area (TPSA) is 40.5 Å². The van der Waals surface area contributed by atoms with Crippen LogP contribution >= 0.6 is 0 Å². The zero-order valence-electron chi connectivity index (χ0n) is 18.2. The summed E-state index contributed by atoms with van der Waals surface area (Å²) in [5.74, 6) is 2.16. The maximum absolute atomic E-state index is 13.3. The van der Waals surface area contributed by atoms with Gasteiger partial charge < -0.3 is 14.0 Å². The molecule has 0 radical (unpaired) electrons. The smallest absolute Gasteiger partial charge is 0.200 e. The summed E-state index contributed by atoms with van der Waals surface area (Å²) in [6.45, 7) is 6.74. The normalized spacial score (nSPS) is 18.8. The van der Waals surface area contributed by atoms with Gasteiger partial charge in [0.25, 0.3) is 0 Å². The molecular weight excluding hydrogens is 362 g/mol. The maximum atomic E-state index is 13.3. The lowest BCUT2D eigenvalue weighted by atomic mass is 9.86. The van der Waals surface area contributed by atoms with Crippen LogP contribution in [0.1, 0.15) is 52.0 Å². The van der Waals surface area contributed by atoms with Gasteiger partial charge in [0.2, 0.25) is 5.43 Å². The Labute approximate surface area is 172 Å². The van der Waals surface area contributed by atoms with E-state index in [9.17, 15) is 4.79 Å². The number of aryl methyl sites for hydroxylation is 2. The number of pyridine rings is 1. The van der Waals surface area contributed by atoms with Crippen molar-refractivity contribution in [2.24, 2.45) is 13.0 Å². The molecule has 4 heteroatoms. The summed E-state index contributed by atoms with van der Waals surface area (Å²) in [5, 5.41) is 1.37. The van der Waals surface area contributed by atoms with Gasteiger partial charge in [0.1, 0.15) is 17.1 Å². The fraction of sp³-hybridized carbons (Fsp3) is 0.480. The van der Waals surface area contributed by atoms with E-state index in [2.05, 4.69) is 25.3 Å². The molecule has 154 valence electrons. The minimum Gasteiger partial charge on any atom is -0.496 e. The van der Waals surface area contributed by atoms with E-state index in [-0.39, 0.29) is 11.0 Å². The second kappa shape index (κ2) is 7.40. The second-order valence-electron chi connectivity index (χ2n) is 9.02. The zero-order chi connectivity index (χ0) is 20.8. The Balaban J connectivity index is 1.87. The van der Waals surface area contributed by atoms with E-state index in [0.717, 1.165) is 53.4 Å². The fourth-order valence-corrected chi connectivity index (χ4v) is 4.73. The largest absolute Gasteiger partial charge is 0.496 e. The van der Waals surface area contributed by atoms with Crippen molar-refractivity contribution < 1.29 is 9.47 Å². The molecule has 0 spiro atoms. The van der Waals surface area contributed by atoms with Gasteiger partial charge in [-0.05, 0) is 50.7 Å². The summed E-state index contributed by atoms with van der Waals surface area (Å²) in [6.07, 6.45) is 5.28. The summed E-state index contributed by atoms with van der Waals surface area (Å²) in [6, 6.07) is 9.70. The number of hydrogen-bond donors (Lipinski definition) is 0. The first-order valence-corrected chi connectivity index (χ1v) is 10.6. The lowest BCUT2D eigenvalue weighted by molar-refractivity contribution is 0.0529. The van der Waals surface area contributed by atoms with Gasteiger partial charge in [-0.3, -0.25) is 4.79 Å². The number of aromatic nitrogens is 1. The number of rotatable bonds is 5. The van der Waals surface area contributed by atoms with Crippen LogP contribution in [0.3, 0.4) is 0 Å². The summed E-state index contributed by atoms with van der Waals surface area (Å²) in [7, 11) is 3.65. The Morgan fingerprint density at radius 3 is 2.76 bits per heavy atom. The number of ether oxygens (including phenoxy) is 2. The molecule has 1 aromatic heterocycles. The first-order valence-electron chi connectivity index (χ1n) is 10.6. The molecule has 1 unspecified atom stereocenters. The monoisotopic (exact) mass is 393 g/mol. The third kappa shape index (κ3) is 3.39. The molecule has 3 aromatic rings. The van der Waals surface area contributed by atoms with Gasteiger partial charge in [0, 0.05) is 24.1 Å². The molecule has 2 heterocycles. The third-order valence-corrected chi connectivity index (χ3v) is 6.37. The van der Waals surface area contributed by atoms with E-state index in [1.807, 2.05) is 37.4 Å². The molecule has 1 aliphatic heterocycles.